The lowest BCUT2D eigenvalue weighted by Gasteiger charge is -2.24. The van der Waals surface area contributed by atoms with Crippen molar-refractivity contribution in [3.05, 3.63) is 82.5 Å². The molecule has 0 spiro atoms. The number of nitrogens with zero attached hydrogens (tertiary/aromatic N) is 9. The molecule has 2 aromatic carbocycles. The number of carboxylic acid groups (broad SMARTS) is 1. The van der Waals surface area contributed by atoms with E-state index >= 15 is 0 Å². The van der Waals surface area contributed by atoms with Crippen molar-refractivity contribution in [2.45, 2.75) is 86.7 Å². The van der Waals surface area contributed by atoms with Crippen LogP contribution in [-0.4, -0.2) is 111 Å². The highest BCUT2D eigenvalue weighted by Crippen LogP contribution is 2.33. The molecule has 1 unspecified atom stereocenters. The Balaban J connectivity index is 1.24. The van der Waals surface area contributed by atoms with Crippen LogP contribution in [0.4, 0.5) is 16.7 Å². The van der Waals surface area contributed by atoms with Crippen LogP contribution in [0.1, 0.15) is 94.1 Å². The smallest absolute Gasteiger partial charge is 0.410 e. The standard InChI is InChI=1S/C47H54N12O9/c1-9-58-34(20-27(3)53-58)41(61)51-44-50-33-23-31(43(63)64)25-36(66-8)38(33)56(44)16-11-12-17-57-39-32(49-45(57)52-42(62)35-21-28(4)54-59(35)10-2)22-30(40(48)60)24-37(39)67-19-13-14-29-15-18-55(26-29)46(65)68-47(5,6)7/h11-12,20-25,29H,9-10,15-19,26H2,1-8H3,(H2,48,60)(H,63,64)(H,49,52,62)(H,50,51,61). The Hall–Kier alpha value is -8.15. The van der Waals surface area contributed by atoms with E-state index in [1.165, 1.54) is 31.4 Å². The summed E-state index contributed by atoms with van der Waals surface area (Å²) in [6.45, 7) is 14.6. The molecule has 0 bridgehead atoms. The van der Waals surface area contributed by atoms with Crippen LogP contribution in [0.2, 0.25) is 0 Å². The number of anilines is 2. The number of rotatable bonds is 15. The number of methoxy groups -OCH3 is 1. The second kappa shape index (κ2) is 19.8. The molecule has 6 aromatic rings. The molecule has 4 aromatic heterocycles. The van der Waals surface area contributed by atoms with Gasteiger partial charge < -0.3 is 39.1 Å². The number of benzene rings is 2. The van der Waals surface area contributed by atoms with Crippen LogP contribution in [0.3, 0.4) is 0 Å². The molecule has 4 amide bonds. The number of allylic oxidation sites excluding steroid dienone is 2. The van der Waals surface area contributed by atoms with Crippen LogP contribution in [-0.2, 0) is 30.9 Å². The first kappa shape index (κ1) is 47.8. The number of primary amides is 1. The van der Waals surface area contributed by atoms with Gasteiger partial charge in [-0.1, -0.05) is 24.0 Å². The van der Waals surface area contributed by atoms with E-state index in [1.54, 1.807) is 61.5 Å². The lowest BCUT2D eigenvalue weighted by molar-refractivity contribution is 0.0291. The molecular weight excluding hydrogens is 877 g/mol. The van der Waals surface area contributed by atoms with Gasteiger partial charge in [0.25, 0.3) is 11.8 Å². The van der Waals surface area contributed by atoms with Crippen molar-refractivity contribution in [1.29, 1.82) is 0 Å². The van der Waals surface area contributed by atoms with Crippen LogP contribution in [0.5, 0.6) is 11.5 Å². The van der Waals surface area contributed by atoms with Crippen molar-refractivity contribution in [3.8, 4) is 23.3 Å². The Kier molecular flexibility index (Phi) is 13.9. The Labute approximate surface area is 391 Å². The molecule has 356 valence electrons. The molecule has 1 aliphatic heterocycles. The molecule has 0 radical (unpaired) electrons. The number of nitrogens with one attached hydrogen (secondary N) is 2. The summed E-state index contributed by atoms with van der Waals surface area (Å²) in [5, 5.41) is 24.4. The minimum absolute atomic E-state index is 0.0577. The number of imidazole rings is 2. The van der Waals surface area contributed by atoms with Gasteiger partial charge in [-0.25, -0.2) is 19.6 Å². The van der Waals surface area contributed by atoms with Gasteiger partial charge in [0, 0.05) is 50.7 Å². The zero-order chi connectivity index (χ0) is 49.0. The zero-order valence-corrected chi connectivity index (χ0v) is 39.2. The fourth-order valence-corrected chi connectivity index (χ4v) is 7.84. The fourth-order valence-electron chi connectivity index (χ4n) is 7.84. The van der Waals surface area contributed by atoms with Crippen LogP contribution in [0.25, 0.3) is 22.1 Å². The normalized spacial score (nSPS) is 13.8. The maximum absolute atomic E-state index is 13.9. The number of aromatic nitrogens is 8. The Morgan fingerprint density at radius 2 is 1.35 bits per heavy atom. The second-order valence-electron chi connectivity index (χ2n) is 17.0. The summed E-state index contributed by atoms with van der Waals surface area (Å²) in [7, 11) is 1.41. The molecule has 0 aliphatic carbocycles. The third kappa shape index (κ3) is 10.4. The number of hydrogen-bond donors (Lipinski definition) is 4. The van der Waals surface area contributed by atoms with E-state index < -0.39 is 35.4 Å². The minimum Gasteiger partial charge on any atom is -0.494 e. The molecule has 1 fully saturated rings. The average Bonchev–Trinajstić information content (AvgIpc) is 4.13. The number of nitrogens with two attached hydrogens (primary N) is 1. The number of carboxylic acids is 1. The summed E-state index contributed by atoms with van der Waals surface area (Å²) in [5.74, 6) is 3.93. The number of aromatic carboxylic acids is 1. The third-order valence-corrected chi connectivity index (χ3v) is 10.9. The van der Waals surface area contributed by atoms with Gasteiger partial charge in [-0.3, -0.25) is 34.4 Å². The molecule has 5 N–H and O–H groups in total. The molecule has 0 saturated carbocycles. The van der Waals surface area contributed by atoms with Crippen molar-refractivity contribution in [2.75, 3.05) is 37.4 Å². The average molecular weight is 931 g/mol. The first-order chi connectivity index (χ1) is 32.4. The van der Waals surface area contributed by atoms with Gasteiger partial charge in [0.2, 0.25) is 17.8 Å². The second-order valence-corrected chi connectivity index (χ2v) is 17.0. The Morgan fingerprint density at radius 1 is 0.824 bits per heavy atom. The van der Waals surface area contributed by atoms with Crippen molar-refractivity contribution < 1.29 is 43.3 Å². The van der Waals surface area contributed by atoms with E-state index in [4.69, 9.17) is 24.9 Å². The summed E-state index contributed by atoms with van der Waals surface area (Å²) >= 11 is 0. The number of aryl methyl sites for hydroxylation is 4. The number of fused-ring (bicyclic) bond motifs is 2. The summed E-state index contributed by atoms with van der Waals surface area (Å²) in [6, 6.07) is 9.10. The summed E-state index contributed by atoms with van der Waals surface area (Å²) < 4.78 is 23.9. The predicted molar refractivity (Wildman–Crippen MR) is 251 cm³/mol. The highest BCUT2D eigenvalue weighted by atomic mass is 16.6. The molecule has 5 heterocycles. The van der Waals surface area contributed by atoms with Gasteiger partial charge in [0.15, 0.2) is 0 Å². The number of carbonyl (C=O) groups is 5. The van der Waals surface area contributed by atoms with Gasteiger partial charge >= 0.3 is 12.1 Å². The Morgan fingerprint density at radius 3 is 1.85 bits per heavy atom. The van der Waals surface area contributed by atoms with Crippen molar-refractivity contribution >= 4 is 63.7 Å². The maximum Gasteiger partial charge on any atom is 0.410 e. The number of carbonyl (C=O) groups excluding carboxylic acids is 4. The topological polar surface area (TPSA) is 258 Å². The lowest BCUT2D eigenvalue weighted by atomic mass is 10.1. The summed E-state index contributed by atoms with van der Waals surface area (Å²) in [5.41, 5.74) is 8.52. The highest BCUT2D eigenvalue weighted by molar-refractivity contribution is 6.05. The first-order valence-corrected chi connectivity index (χ1v) is 22.0. The van der Waals surface area contributed by atoms with Crippen molar-refractivity contribution in [1.82, 2.24) is 43.6 Å². The molecule has 1 aliphatic rings. The lowest BCUT2D eigenvalue weighted by Crippen LogP contribution is -2.35. The van der Waals surface area contributed by atoms with E-state index in [9.17, 15) is 29.1 Å². The Bertz CT molecular complexity index is 3050. The SMILES string of the molecule is CCn1nc(C)cc1C(=O)Nc1nc2cc(C(=O)O)cc(OC)c2n1CC=CCn1c(NC(=O)c2cc(C)nn2CC)nc2cc(C(N)=O)cc(OCC#CC3CCN(C(=O)OC(C)(C)C)C3)c21. The molecule has 68 heavy (non-hydrogen) atoms. The predicted octanol–water partition coefficient (Wildman–Crippen LogP) is 5.64. The van der Waals surface area contributed by atoms with E-state index in [1.807, 2.05) is 34.6 Å². The quantitative estimate of drug-likeness (QED) is 0.0719. The van der Waals surface area contributed by atoms with Gasteiger partial charge in [-0.2, -0.15) is 10.2 Å². The van der Waals surface area contributed by atoms with Gasteiger partial charge in [0.05, 0.1) is 35.1 Å². The van der Waals surface area contributed by atoms with Crippen LogP contribution < -0.4 is 25.8 Å². The van der Waals surface area contributed by atoms with Crippen LogP contribution >= 0.6 is 0 Å². The molecular formula is C47H54N12O9. The van der Waals surface area contributed by atoms with Crippen molar-refractivity contribution in [2.24, 2.45) is 11.7 Å². The van der Waals surface area contributed by atoms with Gasteiger partial charge in [-0.05, 0) is 91.3 Å². The van der Waals surface area contributed by atoms with E-state index in [2.05, 4.69) is 37.7 Å². The van der Waals surface area contributed by atoms with E-state index in [0.29, 0.717) is 71.9 Å². The summed E-state index contributed by atoms with van der Waals surface area (Å²) in [4.78, 5) is 75.9. The van der Waals surface area contributed by atoms with Crippen LogP contribution in [0.15, 0.2) is 48.6 Å². The monoisotopic (exact) mass is 930 g/mol. The zero-order valence-electron chi connectivity index (χ0n) is 39.2. The minimum atomic E-state index is -1.18. The molecule has 7 rings (SSSR count). The maximum atomic E-state index is 13.9. The number of likely N-dealkylation sites (tertiary alicyclic amines) is 1. The molecule has 1 atom stereocenters. The number of ether oxygens (including phenoxy) is 3. The van der Waals surface area contributed by atoms with E-state index in [-0.39, 0.29) is 65.7 Å². The van der Waals surface area contributed by atoms with Gasteiger partial charge in [-0.15, -0.1) is 0 Å². The highest BCUT2D eigenvalue weighted by Gasteiger charge is 2.29. The van der Waals surface area contributed by atoms with E-state index in [0.717, 1.165) is 0 Å². The molecule has 21 nitrogen and oxygen atoms in total. The molecule has 21 heteroatoms. The number of amides is 4. The number of hydrogen-bond acceptors (Lipinski definition) is 12. The first-order valence-electron chi connectivity index (χ1n) is 22.0. The summed E-state index contributed by atoms with van der Waals surface area (Å²) in [6.07, 6.45) is 3.86. The fraction of sp³-hybridized carbons (Fsp3) is 0.383. The third-order valence-electron chi connectivity index (χ3n) is 10.9. The largest absolute Gasteiger partial charge is 0.494 e. The van der Waals surface area contributed by atoms with Crippen molar-refractivity contribution in [3.63, 3.8) is 0 Å². The van der Waals surface area contributed by atoms with Gasteiger partial charge in [0.1, 0.15) is 46.1 Å². The molecule has 1 saturated heterocycles. The van der Waals surface area contributed by atoms with Crippen LogP contribution in [0, 0.1) is 31.6 Å².